The van der Waals surface area contributed by atoms with E-state index in [4.69, 9.17) is 23.2 Å². The lowest BCUT2D eigenvalue weighted by atomic mass is 10.0. The summed E-state index contributed by atoms with van der Waals surface area (Å²) in [6.45, 7) is 7.67. The van der Waals surface area contributed by atoms with Gasteiger partial charge in [0, 0.05) is 16.1 Å². The zero-order chi connectivity index (χ0) is 12.8. The van der Waals surface area contributed by atoms with Gasteiger partial charge in [0.2, 0.25) is 0 Å². The molecule has 0 fully saturated rings. The summed E-state index contributed by atoms with van der Waals surface area (Å²) >= 11 is 12.0. The van der Waals surface area contributed by atoms with Crippen LogP contribution in [-0.4, -0.2) is 12.6 Å². The average molecular weight is 274 g/mol. The van der Waals surface area contributed by atoms with Crippen molar-refractivity contribution >= 4 is 23.2 Å². The Bertz CT molecular complexity index is 350. The van der Waals surface area contributed by atoms with Gasteiger partial charge in [0.1, 0.15) is 0 Å². The van der Waals surface area contributed by atoms with E-state index in [0.29, 0.717) is 11.1 Å². The van der Waals surface area contributed by atoms with E-state index >= 15 is 0 Å². The van der Waals surface area contributed by atoms with Crippen LogP contribution in [0.2, 0.25) is 10.0 Å². The van der Waals surface area contributed by atoms with Gasteiger partial charge in [-0.05, 0) is 49.9 Å². The normalized spacial score (nSPS) is 13.1. The molecule has 17 heavy (non-hydrogen) atoms. The minimum absolute atomic E-state index is 0.557. The summed E-state index contributed by atoms with van der Waals surface area (Å²) in [5.41, 5.74) is 1.15. The molecule has 0 aliphatic heterocycles. The van der Waals surface area contributed by atoms with E-state index in [1.807, 2.05) is 12.1 Å². The lowest BCUT2D eigenvalue weighted by molar-refractivity contribution is 0.445. The Morgan fingerprint density at radius 1 is 1.18 bits per heavy atom. The molecular formula is C14H21Cl2N. The molecule has 0 heterocycles. The quantitative estimate of drug-likeness (QED) is 0.801. The Balaban J connectivity index is 2.35. The standard InChI is InChI=1S/C14H21Cl2N/c1-10(2)8-11(3)17-7-6-12-4-5-13(15)9-14(12)16/h4-5,9-11,17H,6-8H2,1-3H3. The van der Waals surface area contributed by atoms with Crippen LogP contribution in [0.5, 0.6) is 0 Å². The van der Waals surface area contributed by atoms with Crippen LogP contribution < -0.4 is 5.32 Å². The van der Waals surface area contributed by atoms with E-state index in [1.165, 1.54) is 6.42 Å². The first kappa shape index (κ1) is 14.8. The number of nitrogens with one attached hydrogen (secondary N) is 1. The SMILES string of the molecule is CC(C)CC(C)NCCc1ccc(Cl)cc1Cl. The number of rotatable bonds is 6. The number of hydrogen-bond donors (Lipinski definition) is 1. The summed E-state index contributed by atoms with van der Waals surface area (Å²) < 4.78 is 0. The molecule has 96 valence electrons. The second kappa shape index (κ2) is 7.25. The highest BCUT2D eigenvalue weighted by Crippen LogP contribution is 2.21. The van der Waals surface area contributed by atoms with Crippen molar-refractivity contribution in [1.29, 1.82) is 0 Å². The van der Waals surface area contributed by atoms with E-state index in [-0.39, 0.29) is 0 Å². The fourth-order valence-electron chi connectivity index (χ4n) is 1.97. The molecular weight excluding hydrogens is 253 g/mol. The monoisotopic (exact) mass is 273 g/mol. The molecule has 1 unspecified atom stereocenters. The largest absolute Gasteiger partial charge is 0.314 e. The molecule has 1 aromatic carbocycles. The summed E-state index contributed by atoms with van der Waals surface area (Å²) in [6, 6.07) is 6.25. The Morgan fingerprint density at radius 3 is 2.47 bits per heavy atom. The van der Waals surface area contributed by atoms with Crippen molar-refractivity contribution in [2.24, 2.45) is 5.92 Å². The first-order valence-corrected chi connectivity index (χ1v) is 6.92. The molecule has 1 rings (SSSR count). The predicted molar refractivity (Wildman–Crippen MR) is 77.1 cm³/mol. The van der Waals surface area contributed by atoms with Gasteiger partial charge in [0.15, 0.2) is 0 Å². The van der Waals surface area contributed by atoms with Crippen LogP contribution in [0.1, 0.15) is 32.8 Å². The van der Waals surface area contributed by atoms with Crippen molar-refractivity contribution in [2.45, 2.75) is 39.7 Å². The first-order chi connectivity index (χ1) is 7.99. The van der Waals surface area contributed by atoms with Crippen molar-refractivity contribution in [2.75, 3.05) is 6.54 Å². The van der Waals surface area contributed by atoms with E-state index in [1.54, 1.807) is 6.07 Å². The van der Waals surface area contributed by atoms with Crippen LogP contribution in [-0.2, 0) is 6.42 Å². The maximum Gasteiger partial charge on any atom is 0.0453 e. The molecule has 0 aliphatic rings. The zero-order valence-corrected chi connectivity index (χ0v) is 12.3. The number of halogens is 2. The molecule has 3 heteroatoms. The highest BCUT2D eigenvalue weighted by atomic mass is 35.5. The maximum atomic E-state index is 6.12. The van der Waals surface area contributed by atoms with E-state index in [0.717, 1.165) is 29.5 Å². The summed E-state index contributed by atoms with van der Waals surface area (Å²) in [5, 5.41) is 4.97. The summed E-state index contributed by atoms with van der Waals surface area (Å²) in [7, 11) is 0. The highest BCUT2D eigenvalue weighted by molar-refractivity contribution is 6.35. The van der Waals surface area contributed by atoms with Crippen LogP contribution in [0.4, 0.5) is 0 Å². The molecule has 0 saturated carbocycles. The third-order valence-electron chi connectivity index (χ3n) is 2.73. The molecule has 0 radical (unpaired) electrons. The van der Waals surface area contributed by atoms with Crippen LogP contribution in [0.25, 0.3) is 0 Å². The van der Waals surface area contributed by atoms with Gasteiger partial charge in [-0.25, -0.2) is 0 Å². The van der Waals surface area contributed by atoms with Crippen LogP contribution in [0, 0.1) is 5.92 Å². The molecule has 0 saturated heterocycles. The number of benzene rings is 1. The topological polar surface area (TPSA) is 12.0 Å². The summed E-state index contributed by atoms with van der Waals surface area (Å²) in [5.74, 6) is 0.733. The molecule has 1 atom stereocenters. The van der Waals surface area contributed by atoms with E-state index in [9.17, 15) is 0 Å². The van der Waals surface area contributed by atoms with Gasteiger partial charge in [0.25, 0.3) is 0 Å². The van der Waals surface area contributed by atoms with Crippen molar-refractivity contribution in [1.82, 2.24) is 5.32 Å². The van der Waals surface area contributed by atoms with Crippen LogP contribution in [0.3, 0.4) is 0 Å². The molecule has 1 aromatic rings. The summed E-state index contributed by atoms with van der Waals surface area (Å²) in [6.07, 6.45) is 2.15. The lowest BCUT2D eigenvalue weighted by Crippen LogP contribution is -2.29. The fourth-order valence-corrected chi connectivity index (χ4v) is 2.47. The van der Waals surface area contributed by atoms with Crippen LogP contribution >= 0.6 is 23.2 Å². The van der Waals surface area contributed by atoms with Gasteiger partial charge >= 0.3 is 0 Å². The van der Waals surface area contributed by atoms with Crippen molar-refractivity contribution in [3.8, 4) is 0 Å². The molecule has 0 aliphatic carbocycles. The molecule has 0 spiro atoms. The van der Waals surface area contributed by atoms with Gasteiger partial charge in [-0.1, -0.05) is 43.1 Å². The van der Waals surface area contributed by atoms with Gasteiger partial charge < -0.3 is 5.32 Å². The minimum Gasteiger partial charge on any atom is -0.314 e. The molecule has 0 aromatic heterocycles. The lowest BCUT2D eigenvalue weighted by Gasteiger charge is -2.16. The Hall–Kier alpha value is -0.240. The fraction of sp³-hybridized carbons (Fsp3) is 0.571. The van der Waals surface area contributed by atoms with Crippen molar-refractivity contribution < 1.29 is 0 Å². The van der Waals surface area contributed by atoms with Crippen molar-refractivity contribution in [3.05, 3.63) is 33.8 Å². The highest BCUT2D eigenvalue weighted by Gasteiger charge is 2.05. The second-order valence-corrected chi connectivity index (χ2v) is 5.81. The number of hydrogen-bond acceptors (Lipinski definition) is 1. The molecule has 0 amide bonds. The third-order valence-corrected chi connectivity index (χ3v) is 3.31. The average Bonchev–Trinajstić information content (AvgIpc) is 2.20. The Morgan fingerprint density at radius 2 is 1.88 bits per heavy atom. The van der Waals surface area contributed by atoms with Gasteiger partial charge in [-0.15, -0.1) is 0 Å². The molecule has 0 bridgehead atoms. The second-order valence-electron chi connectivity index (χ2n) is 4.97. The van der Waals surface area contributed by atoms with E-state index < -0.39 is 0 Å². The Kier molecular flexibility index (Phi) is 6.32. The molecule has 1 N–H and O–H groups in total. The van der Waals surface area contributed by atoms with E-state index in [2.05, 4.69) is 26.1 Å². The van der Waals surface area contributed by atoms with Gasteiger partial charge in [0.05, 0.1) is 0 Å². The van der Waals surface area contributed by atoms with Gasteiger partial charge in [-0.2, -0.15) is 0 Å². The van der Waals surface area contributed by atoms with Crippen molar-refractivity contribution in [3.63, 3.8) is 0 Å². The minimum atomic E-state index is 0.557. The summed E-state index contributed by atoms with van der Waals surface area (Å²) in [4.78, 5) is 0. The van der Waals surface area contributed by atoms with Crippen LogP contribution in [0.15, 0.2) is 18.2 Å². The Labute approximate surface area is 115 Å². The maximum absolute atomic E-state index is 6.12. The molecule has 1 nitrogen and oxygen atoms in total. The van der Waals surface area contributed by atoms with Gasteiger partial charge in [-0.3, -0.25) is 0 Å². The first-order valence-electron chi connectivity index (χ1n) is 6.16. The predicted octanol–water partition coefficient (Wildman–Crippen LogP) is 4.56. The smallest absolute Gasteiger partial charge is 0.0453 e. The third kappa shape index (κ3) is 5.76. The zero-order valence-electron chi connectivity index (χ0n) is 10.8.